The Morgan fingerprint density at radius 1 is 1.41 bits per heavy atom. The molecule has 1 heterocycles. The number of nitrogens with one attached hydrogen (secondary N) is 1. The first-order valence-corrected chi connectivity index (χ1v) is 5.78. The number of pyridine rings is 1. The van der Waals surface area contributed by atoms with Crippen LogP contribution in [0.25, 0.3) is 10.9 Å². The van der Waals surface area contributed by atoms with E-state index in [1.54, 1.807) is 6.07 Å². The fourth-order valence-corrected chi connectivity index (χ4v) is 2.05. The lowest BCUT2D eigenvalue weighted by molar-refractivity contribution is 0.637. The van der Waals surface area contributed by atoms with Crippen LogP contribution in [-0.4, -0.2) is 4.98 Å². The van der Waals surface area contributed by atoms with Gasteiger partial charge in [-0.2, -0.15) is 0 Å². The zero-order chi connectivity index (χ0) is 12.4. The van der Waals surface area contributed by atoms with Crippen molar-refractivity contribution in [3.05, 3.63) is 34.6 Å². The van der Waals surface area contributed by atoms with Crippen LogP contribution in [0.4, 0.5) is 10.2 Å². The van der Waals surface area contributed by atoms with Gasteiger partial charge in [0.25, 0.3) is 0 Å². The molecule has 0 fully saturated rings. The number of aromatic nitrogens is 1. The second kappa shape index (κ2) is 4.85. The third-order valence-electron chi connectivity index (χ3n) is 2.57. The molecule has 0 aliphatic heterocycles. The number of hydrogen-bond acceptors (Lipinski definition) is 3. The molecule has 3 N–H and O–H groups in total. The van der Waals surface area contributed by atoms with Gasteiger partial charge in [-0.1, -0.05) is 24.9 Å². The molecule has 0 saturated heterocycles. The first-order valence-electron chi connectivity index (χ1n) is 5.41. The zero-order valence-electron chi connectivity index (χ0n) is 9.43. The average Bonchev–Trinajstić information content (AvgIpc) is 2.28. The Hall–Kier alpha value is -1.39. The van der Waals surface area contributed by atoms with Gasteiger partial charge < -0.3 is 5.43 Å². The predicted octanol–water partition coefficient (Wildman–Crippen LogP) is 3.27. The van der Waals surface area contributed by atoms with Gasteiger partial charge >= 0.3 is 0 Å². The summed E-state index contributed by atoms with van der Waals surface area (Å²) >= 11 is 5.82. The Morgan fingerprint density at radius 2 is 2.18 bits per heavy atom. The normalized spacial score (nSPS) is 10.8. The van der Waals surface area contributed by atoms with Gasteiger partial charge in [-0.15, -0.1) is 0 Å². The van der Waals surface area contributed by atoms with E-state index in [9.17, 15) is 4.39 Å². The first kappa shape index (κ1) is 12.1. The van der Waals surface area contributed by atoms with Gasteiger partial charge in [-0.25, -0.2) is 15.2 Å². The van der Waals surface area contributed by atoms with E-state index in [2.05, 4.69) is 17.3 Å². The standard InChI is InChI=1S/C12H13ClFN3/c1-2-3-7-4-8-5-9(13)6-10(14)11(8)16-12(7)17-15/h4-6H,2-3,15H2,1H3,(H,16,17). The van der Waals surface area contributed by atoms with Crippen LogP contribution >= 0.6 is 11.6 Å². The number of aryl methyl sites for hydroxylation is 1. The molecule has 0 aliphatic rings. The maximum Gasteiger partial charge on any atom is 0.150 e. The Balaban J connectivity index is 2.69. The SMILES string of the molecule is CCCc1cc2cc(Cl)cc(F)c2nc1NN. The molecule has 2 aromatic rings. The summed E-state index contributed by atoms with van der Waals surface area (Å²) < 4.78 is 13.7. The minimum atomic E-state index is -0.438. The number of nitrogens with two attached hydrogens (primary N) is 1. The zero-order valence-corrected chi connectivity index (χ0v) is 10.2. The van der Waals surface area contributed by atoms with Crippen molar-refractivity contribution in [1.82, 2.24) is 4.98 Å². The highest BCUT2D eigenvalue weighted by Crippen LogP contribution is 2.26. The molecule has 0 unspecified atom stereocenters. The maximum absolute atomic E-state index is 13.7. The molecule has 0 radical (unpaired) electrons. The summed E-state index contributed by atoms with van der Waals surface area (Å²) in [6.07, 6.45) is 1.79. The summed E-state index contributed by atoms with van der Waals surface area (Å²) in [5, 5.41) is 1.06. The van der Waals surface area contributed by atoms with Crippen molar-refractivity contribution in [2.75, 3.05) is 5.43 Å². The Morgan fingerprint density at radius 3 is 2.82 bits per heavy atom. The van der Waals surface area contributed by atoms with Crippen LogP contribution in [0.2, 0.25) is 5.02 Å². The molecule has 3 nitrogen and oxygen atoms in total. The molecular weight excluding hydrogens is 241 g/mol. The third-order valence-corrected chi connectivity index (χ3v) is 2.79. The first-order chi connectivity index (χ1) is 8.15. The number of fused-ring (bicyclic) bond motifs is 1. The Kier molecular flexibility index (Phi) is 3.45. The van der Waals surface area contributed by atoms with Crippen molar-refractivity contribution >= 4 is 28.3 Å². The van der Waals surface area contributed by atoms with Gasteiger partial charge in [-0.3, -0.25) is 0 Å². The van der Waals surface area contributed by atoms with Crippen LogP contribution in [0.3, 0.4) is 0 Å². The van der Waals surface area contributed by atoms with Crippen LogP contribution in [0.5, 0.6) is 0 Å². The van der Waals surface area contributed by atoms with Crippen LogP contribution in [0.15, 0.2) is 18.2 Å². The molecule has 2 rings (SSSR count). The molecule has 1 aromatic carbocycles. The monoisotopic (exact) mass is 253 g/mol. The molecule has 0 spiro atoms. The van der Waals surface area contributed by atoms with Gasteiger partial charge in [0.1, 0.15) is 11.3 Å². The molecule has 0 saturated carbocycles. The smallest absolute Gasteiger partial charge is 0.150 e. The Labute approximate surface area is 104 Å². The molecule has 5 heteroatoms. The number of halogens is 2. The lowest BCUT2D eigenvalue weighted by Gasteiger charge is -2.09. The number of anilines is 1. The van der Waals surface area contributed by atoms with Gasteiger partial charge in [0.2, 0.25) is 0 Å². The van der Waals surface area contributed by atoms with E-state index >= 15 is 0 Å². The summed E-state index contributed by atoms with van der Waals surface area (Å²) in [6.45, 7) is 2.06. The van der Waals surface area contributed by atoms with Crippen LogP contribution < -0.4 is 11.3 Å². The fourth-order valence-electron chi connectivity index (χ4n) is 1.84. The number of nitrogen functional groups attached to an aromatic ring is 1. The van der Waals surface area contributed by atoms with E-state index in [1.807, 2.05) is 6.07 Å². The van der Waals surface area contributed by atoms with Crippen LogP contribution in [-0.2, 0) is 6.42 Å². The van der Waals surface area contributed by atoms with Crippen molar-refractivity contribution in [1.29, 1.82) is 0 Å². The van der Waals surface area contributed by atoms with Crippen molar-refractivity contribution in [3.8, 4) is 0 Å². The topological polar surface area (TPSA) is 50.9 Å². The van der Waals surface area contributed by atoms with E-state index < -0.39 is 5.82 Å². The maximum atomic E-state index is 13.7. The molecule has 0 aliphatic carbocycles. The van der Waals surface area contributed by atoms with Crippen LogP contribution in [0.1, 0.15) is 18.9 Å². The highest BCUT2D eigenvalue weighted by molar-refractivity contribution is 6.31. The lowest BCUT2D eigenvalue weighted by atomic mass is 10.1. The second-order valence-corrected chi connectivity index (χ2v) is 4.29. The lowest BCUT2D eigenvalue weighted by Crippen LogP contribution is -2.11. The van der Waals surface area contributed by atoms with E-state index in [0.29, 0.717) is 16.2 Å². The number of hydrogen-bond donors (Lipinski definition) is 2. The Bertz CT molecular complexity index is 557. The third kappa shape index (κ3) is 2.33. The minimum Gasteiger partial charge on any atom is -0.308 e. The summed E-state index contributed by atoms with van der Waals surface area (Å²) in [5.74, 6) is 5.47. The number of rotatable bonds is 3. The number of hydrazine groups is 1. The molecule has 0 atom stereocenters. The van der Waals surface area contributed by atoms with Gasteiger partial charge in [0.15, 0.2) is 5.82 Å². The summed E-state index contributed by atoms with van der Waals surface area (Å²) in [6, 6.07) is 4.82. The molecule has 0 amide bonds. The molecule has 17 heavy (non-hydrogen) atoms. The summed E-state index contributed by atoms with van der Waals surface area (Å²) in [7, 11) is 0. The minimum absolute atomic E-state index is 0.280. The molecule has 0 bridgehead atoms. The highest BCUT2D eigenvalue weighted by atomic mass is 35.5. The van der Waals surface area contributed by atoms with Gasteiger partial charge in [0.05, 0.1) is 0 Å². The van der Waals surface area contributed by atoms with Gasteiger partial charge in [0, 0.05) is 10.4 Å². The van der Waals surface area contributed by atoms with E-state index in [0.717, 1.165) is 18.4 Å². The van der Waals surface area contributed by atoms with Crippen molar-refractivity contribution in [2.24, 2.45) is 5.84 Å². The highest BCUT2D eigenvalue weighted by Gasteiger charge is 2.09. The van der Waals surface area contributed by atoms with E-state index in [-0.39, 0.29) is 5.52 Å². The van der Waals surface area contributed by atoms with Crippen molar-refractivity contribution in [3.63, 3.8) is 0 Å². The van der Waals surface area contributed by atoms with Crippen molar-refractivity contribution < 1.29 is 4.39 Å². The van der Waals surface area contributed by atoms with E-state index in [1.165, 1.54) is 6.07 Å². The van der Waals surface area contributed by atoms with Gasteiger partial charge in [-0.05, 0) is 30.2 Å². The fraction of sp³-hybridized carbons (Fsp3) is 0.250. The summed E-state index contributed by atoms with van der Waals surface area (Å²) in [4.78, 5) is 4.18. The summed E-state index contributed by atoms with van der Waals surface area (Å²) in [5.41, 5.74) is 3.75. The van der Waals surface area contributed by atoms with Crippen molar-refractivity contribution in [2.45, 2.75) is 19.8 Å². The number of benzene rings is 1. The molecular formula is C12H13ClFN3. The average molecular weight is 254 g/mol. The quantitative estimate of drug-likeness (QED) is 0.652. The molecule has 90 valence electrons. The second-order valence-electron chi connectivity index (χ2n) is 3.85. The predicted molar refractivity (Wildman–Crippen MR) is 68.5 cm³/mol. The van der Waals surface area contributed by atoms with Crippen LogP contribution in [0, 0.1) is 5.82 Å². The van der Waals surface area contributed by atoms with E-state index in [4.69, 9.17) is 17.4 Å². The largest absolute Gasteiger partial charge is 0.308 e. The molecule has 1 aromatic heterocycles. The number of nitrogens with zero attached hydrogens (tertiary/aromatic N) is 1.